The number of rotatable bonds is 4. The molecule has 1 aliphatic rings. The molecule has 0 aliphatic heterocycles. The van der Waals surface area contributed by atoms with E-state index in [1.54, 1.807) is 12.1 Å². The number of amides is 1. The van der Waals surface area contributed by atoms with Crippen LogP contribution >= 0.6 is 0 Å². The summed E-state index contributed by atoms with van der Waals surface area (Å²) in [5.41, 5.74) is 2.23. The molecule has 0 saturated heterocycles. The molecule has 0 unspecified atom stereocenters. The van der Waals surface area contributed by atoms with Crippen LogP contribution in [0.1, 0.15) is 28.9 Å². The number of fused-ring (bicyclic) bond motifs is 1. The van der Waals surface area contributed by atoms with Crippen molar-refractivity contribution in [3.63, 3.8) is 0 Å². The Morgan fingerprint density at radius 2 is 1.91 bits per heavy atom. The maximum absolute atomic E-state index is 13.1. The van der Waals surface area contributed by atoms with E-state index < -0.39 is 0 Å². The predicted octanol–water partition coefficient (Wildman–Crippen LogP) is 3.51. The van der Waals surface area contributed by atoms with Crippen LogP contribution in [-0.2, 0) is 6.54 Å². The molecule has 1 heterocycles. The second-order valence-electron chi connectivity index (χ2n) is 5.91. The summed E-state index contributed by atoms with van der Waals surface area (Å²) in [6, 6.07) is 14.2. The van der Waals surface area contributed by atoms with Crippen molar-refractivity contribution in [3.8, 4) is 0 Å². The lowest BCUT2D eigenvalue weighted by Crippen LogP contribution is -2.33. The molecule has 2 aromatic carbocycles. The maximum Gasteiger partial charge on any atom is 0.275 e. The van der Waals surface area contributed by atoms with E-state index in [9.17, 15) is 9.18 Å². The van der Waals surface area contributed by atoms with Crippen LogP contribution < -0.4 is 0 Å². The van der Waals surface area contributed by atoms with Crippen molar-refractivity contribution in [1.82, 2.24) is 15.1 Å². The smallest absolute Gasteiger partial charge is 0.275 e. The lowest BCUT2D eigenvalue weighted by Gasteiger charge is -2.21. The molecule has 1 aliphatic carbocycles. The maximum atomic E-state index is 13.1. The third-order valence-corrected chi connectivity index (χ3v) is 4.19. The Morgan fingerprint density at radius 3 is 2.65 bits per heavy atom. The number of aromatic amines is 1. The summed E-state index contributed by atoms with van der Waals surface area (Å²) in [4.78, 5) is 14.8. The van der Waals surface area contributed by atoms with E-state index in [2.05, 4.69) is 10.2 Å². The van der Waals surface area contributed by atoms with E-state index in [0.717, 1.165) is 29.3 Å². The highest BCUT2D eigenvalue weighted by molar-refractivity contribution is 6.04. The van der Waals surface area contributed by atoms with Gasteiger partial charge in [0.05, 0.1) is 5.52 Å². The van der Waals surface area contributed by atoms with E-state index in [0.29, 0.717) is 12.2 Å². The monoisotopic (exact) mass is 309 g/mol. The minimum atomic E-state index is -0.267. The molecule has 23 heavy (non-hydrogen) atoms. The molecule has 5 heteroatoms. The molecule has 0 spiro atoms. The zero-order chi connectivity index (χ0) is 15.8. The van der Waals surface area contributed by atoms with Gasteiger partial charge >= 0.3 is 0 Å². The Morgan fingerprint density at radius 1 is 1.17 bits per heavy atom. The van der Waals surface area contributed by atoms with Crippen molar-refractivity contribution in [2.45, 2.75) is 25.4 Å². The first-order valence-corrected chi connectivity index (χ1v) is 7.71. The third-order valence-electron chi connectivity index (χ3n) is 4.19. The fourth-order valence-corrected chi connectivity index (χ4v) is 2.80. The largest absolute Gasteiger partial charge is 0.330 e. The molecule has 1 saturated carbocycles. The lowest BCUT2D eigenvalue weighted by molar-refractivity contribution is 0.0726. The molecular weight excluding hydrogens is 293 g/mol. The Labute approximate surface area is 132 Å². The fourth-order valence-electron chi connectivity index (χ4n) is 2.80. The summed E-state index contributed by atoms with van der Waals surface area (Å²) in [5, 5.41) is 7.95. The average molecular weight is 309 g/mol. The zero-order valence-electron chi connectivity index (χ0n) is 12.5. The summed E-state index contributed by atoms with van der Waals surface area (Å²) < 4.78 is 13.1. The number of carbonyl (C=O) groups excluding carboxylic acids is 1. The molecule has 0 radical (unpaired) electrons. The van der Waals surface area contributed by atoms with Crippen LogP contribution in [0.3, 0.4) is 0 Å². The second kappa shape index (κ2) is 5.50. The van der Waals surface area contributed by atoms with Gasteiger partial charge in [-0.2, -0.15) is 5.10 Å². The van der Waals surface area contributed by atoms with Crippen molar-refractivity contribution >= 4 is 16.8 Å². The van der Waals surface area contributed by atoms with Crippen molar-refractivity contribution in [3.05, 3.63) is 65.6 Å². The number of carbonyl (C=O) groups is 1. The van der Waals surface area contributed by atoms with Crippen LogP contribution in [0.5, 0.6) is 0 Å². The molecular formula is C18H16FN3O. The third kappa shape index (κ3) is 2.70. The van der Waals surface area contributed by atoms with Gasteiger partial charge in [0, 0.05) is 18.0 Å². The lowest BCUT2D eigenvalue weighted by atomic mass is 10.1. The summed E-state index contributed by atoms with van der Waals surface area (Å²) in [6.07, 6.45) is 2.02. The van der Waals surface area contributed by atoms with Crippen LogP contribution in [0, 0.1) is 5.82 Å². The number of hydrogen-bond donors (Lipinski definition) is 1. The van der Waals surface area contributed by atoms with Gasteiger partial charge in [0.25, 0.3) is 5.91 Å². The van der Waals surface area contributed by atoms with E-state index in [1.165, 1.54) is 12.1 Å². The topological polar surface area (TPSA) is 49.0 Å². The van der Waals surface area contributed by atoms with Crippen molar-refractivity contribution < 1.29 is 9.18 Å². The minimum Gasteiger partial charge on any atom is -0.330 e. The van der Waals surface area contributed by atoms with E-state index in [-0.39, 0.29) is 17.8 Å². The highest BCUT2D eigenvalue weighted by atomic mass is 19.1. The van der Waals surface area contributed by atoms with Crippen LogP contribution in [-0.4, -0.2) is 27.0 Å². The SMILES string of the molecule is O=C(c1n[nH]c2ccccc12)N(Cc1ccc(F)cc1)C1CC1. The first-order valence-electron chi connectivity index (χ1n) is 7.71. The average Bonchev–Trinajstić information content (AvgIpc) is 3.32. The minimum absolute atomic E-state index is 0.0747. The van der Waals surface area contributed by atoms with Gasteiger partial charge in [-0.15, -0.1) is 0 Å². The number of nitrogens with one attached hydrogen (secondary N) is 1. The number of para-hydroxylation sites is 1. The molecule has 1 N–H and O–H groups in total. The molecule has 4 nitrogen and oxygen atoms in total. The molecule has 3 aromatic rings. The normalized spacial score (nSPS) is 14.1. The summed E-state index contributed by atoms with van der Waals surface area (Å²) in [6.45, 7) is 0.477. The molecule has 0 bridgehead atoms. The van der Waals surface area contributed by atoms with Crippen molar-refractivity contribution in [2.24, 2.45) is 0 Å². The van der Waals surface area contributed by atoms with E-state index in [4.69, 9.17) is 0 Å². The highest BCUT2D eigenvalue weighted by Gasteiger charge is 2.34. The zero-order valence-corrected chi connectivity index (χ0v) is 12.5. The number of nitrogens with zero attached hydrogens (tertiary/aromatic N) is 2. The number of benzene rings is 2. The van der Waals surface area contributed by atoms with Crippen LogP contribution in [0.4, 0.5) is 4.39 Å². The van der Waals surface area contributed by atoms with Gasteiger partial charge in [-0.3, -0.25) is 9.89 Å². The predicted molar refractivity (Wildman–Crippen MR) is 85.4 cm³/mol. The number of H-pyrrole nitrogens is 1. The number of halogens is 1. The van der Waals surface area contributed by atoms with Gasteiger partial charge in [-0.1, -0.05) is 30.3 Å². The van der Waals surface area contributed by atoms with E-state index >= 15 is 0 Å². The van der Waals surface area contributed by atoms with Gasteiger partial charge in [0.15, 0.2) is 5.69 Å². The quantitative estimate of drug-likeness (QED) is 0.802. The molecule has 1 aromatic heterocycles. The van der Waals surface area contributed by atoms with Crippen molar-refractivity contribution in [1.29, 1.82) is 0 Å². The fraction of sp³-hybridized carbons (Fsp3) is 0.222. The van der Waals surface area contributed by atoms with E-state index in [1.807, 2.05) is 29.2 Å². The Bertz CT molecular complexity index is 852. The van der Waals surface area contributed by atoms with Crippen LogP contribution in [0.15, 0.2) is 48.5 Å². The van der Waals surface area contributed by atoms with Gasteiger partial charge in [-0.05, 0) is 36.6 Å². The highest BCUT2D eigenvalue weighted by Crippen LogP contribution is 2.30. The Balaban J connectivity index is 1.64. The Kier molecular flexibility index (Phi) is 3.33. The van der Waals surface area contributed by atoms with Crippen molar-refractivity contribution in [2.75, 3.05) is 0 Å². The van der Waals surface area contributed by atoms with Gasteiger partial charge in [-0.25, -0.2) is 4.39 Å². The van der Waals surface area contributed by atoms with Crippen LogP contribution in [0.2, 0.25) is 0 Å². The number of hydrogen-bond acceptors (Lipinski definition) is 2. The molecule has 4 rings (SSSR count). The summed E-state index contributed by atoms with van der Waals surface area (Å²) >= 11 is 0. The van der Waals surface area contributed by atoms with Crippen LogP contribution in [0.25, 0.3) is 10.9 Å². The molecule has 116 valence electrons. The molecule has 1 fully saturated rings. The van der Waals surface area contributed by atoms with Gasteiger partial charge in [0.2, 0.25) is 0 Å². The van der Waals surface area contributed by atoms with Gasteiger partial charge in [0.1, 0.15) is 5.82 Å². The second-order valence-corrected chi connectivity index (χ2v) is 5.91. The summed E-state index contributed by atoms with van der Waals surface area (Å²) in [7, 11) is 0. The first-order chi connectivity index (χ1) is 11.2. The number of aromatic nitrogens is 2. The summed E-state index contributed by atoms with van der Waals surface area (Å²) in [5.74, 6) is -0.342. The molecule has 0 atom stereocenters. The first kappa shape index (κ1) is 13.9. The molecule has 1 amide bonds. The standard InChI is InChI=1S/C18H16FN3O/c19-13-7-5-12(6-8-13)11-22(14-9-10-14)18(23)17-15-3-1-2-4-16(15)20-21-17/h1-8,14H,9-11H2,(H,20,21). The van der Waals surface area contributed by atoms with Gasteiger partial charge < -0.3 is 4.90 Å². The Hall–Kier alpha value is -2.69.